The Morgan fingerprint density at radius 3 is 2.62 bits per heavy atom. The maximum atomic E-state index is 11.5. The van der Waals surface area contributed by atoms with Gasteiger partial charge in [-0.1, -0.05) is 23.2 Å². The normalized spacial score (nSPS) is 11.9. The first-order valence-corrected chi connectivity index (χ1v) is 6.79. The van der Waals surface area contributed by atoms with Gasteiger partial charge in [-0.05, 0) is 22.8 Å². The predicted molar refractivity (Wildman–Crippen MR) is 59.7 cm³/mol. The van der Waals surface area contributed by atoms with E-state index in [-0.39, 0.29) is 14.9 Å². The summed E-state index contributed by atoms with van der Waals surface area (Å²) >= 11 is 11.3. The van der Waals surface area contributed by atoms with Crippen molar-refractivity contribution >= 4 is 42.0 Å². The highest BCUT2D eigenvalue weighted by molar-refractivity contribution is 7.86. The summed E-state index contributed by atoms with van der Waals surface area (Å²) in [5.41, 5.74) is 0. The van der Waals surface area contributed by atoms with E-state index in [1.165, 1.54) is 12.1 Å². The first-order chi connectivity index (χ1) is 7.47. The Kier molecular flexibility index (Phi) is 5.11. The Labute approximate surface area is 104 Å². The van der Waals surface area contributed by atoms with Crippen LogP contribution in [0, 0.1) is 0 Å². The standard InChI is InChI=1S/C7H6Cl2O5PS/c8-5-1-2-6(9)7(3-5)16(11,12)14-4-13-15-10/h1-3,15H,4H2/q+1. The third kappa shape index (κ3) is 3.66. The molecule has 0 aliphatic heterocycles. The van der Waals surface area contributed by atoms with Crippen LogP contribution in [0.4, 0.5) is 0 Å². The molecule has 88 valence electrons. The highest BCUT2D eigenvalue weighted by atomic mass is 35.5. The van der Waals surface area contributed by atoms with Crippen LogP contribution in [0.25, 0.3) is 0 Å². The minimum absolute atomic E-state index is 0.0195. The smallest absolute Gasteiger partial charge is 0.232 e. The summed E-state index contributed by atoms with van der Waals surface area (Å²) in [6, 6.07) is 3.92. The van der Waals surface area contributed by atoms with Gasteiger partial charge < -0.3 is 0 Å². The SMILES string of the molecule is O=[PH+]OCOS(=O)(=O)c1cc(Cl)ccc1Cl. The van der Waals surface area contributed by atoms with Crippen molar-refractivity contribution in [2.75, 3.05) is 6.79 Å². The van der Waals surface area contributed by atoms with E-state index in [4.69, 9.17) is 23.2 Å². The third-order valence-electron chi connectivity index (χ3n) is 1.48. The van der Waals surface area contributed by atoms with Crippen molar-refractivity contribution in [3.63, 3.8) is 0 Å². The van der Waals surface area contributed by atoms with Gasteiger partial charge in [-0.15, -0.1) is 4.52 Å². The summed E-state index contributed by atoms with van der Waals surface area (Å²) in [5.74, 6) is 0. The second-order valence-corrected chi connectivity index (χ2v) is 5.37. The molecule has 1 aromatic rings. The molecule has 5 nitrogen and oxygen atoms in total. The quantitative estimate of drug-likeness (QED) is 0.362. The van der Waals surface area contributed by atoms with Crippen LogP contribution in [0.15, 0.2) is 23.1 Å². The van der Waals surface area contributed by atoms with Gasteiger partial charge in [0.05, 0.1) is 5.02 Å². The molecule has 0 aliphatic carbocycles. The van der Waals surface area contributed by atoms with Crippen LogP contribution < -0.4 is 0 Å². The molecular formula is C7H6Cl2O5PS+. The van der Waals surface area contributed by atoms with Gasteiger partial charge in [0, 0.05) is 5.02 Å². The summed E-state index contributed by atoms with van der Waals surface area (Å²) in [5, 5.41) is 0.187. The van der Waals surface area contributed by atoms with Crippen LogP contribution in [0.5, 0.6) is 0 Å². The lowest BCUT2D eigenvalue weighted by Crippen LogP contribution is -2.08. The number of benzene rings is 1. The largest absolute Gasteiger partial charge is 0.496 e. The van der Waals surface area contributed by atoms with Gasteiger partial charge in [-0.25, -0.2) is 4.18 Å². The third-order valence-corrected chi connectivity index (χ3v) is 3.68. The van der Waals surface area contributed by atoms with E-state index < -0.39 is 25.6 Å². The van der Waals surface area contributed by atoms with Crippen molar-refractivity contribution in [2.45, 2.75) is 4.90 Å². The van der Waals surface area contributed by atoms with E-state index in [1.54, 1.807) is 0 Å². The monoisotopic (exact) mass is 303 g/mol. The minimum Gasteiger partial charge on any atom is -0.232 e. The lowest BCUT2D eigenvalue weighted by atomic mass is 10.4. The fraction of sp³-hybridized carbons (Fsp3) is 0.143. The molecule has 0 bridgehead atoms. The van der Waals surface area contributed by atoms with Crippen molar-refractivity contribution in [1.82, 2.24) is 0 Å². The van der Waals surface area contributed by atoms with Crippen LogP contribution >= 0.6 is 31.9 Å². The van der Waals surface area contributed by atoms with Crippen molar-refractivity contribution in [2.24, 2.45) is 0 Å². The van der Waals surface area contributed by atoms with E-state index in [1.807, 2.05) is 0 Å². The summed E-state index contributed by atoms with van der Waals surface area (Å²) in [7, 11) is -5.16. The Balaban J connectivity index is 2.97. The summed E-state index contributed by atoms with van der Waals surface area (Å²) in [6.45, 7) is -0.646. The molecule has 0 fully saturated rings. The number of hydrogen-bond donors (Lipinski definition) is 0. The molecule has 0 radical (unpaired) electrons. The number of halogens is 2. The van der Waals surface area contributed by atoms with E-state index in [9.17, 15) is 13.0 Å². The summed E-state index contributed by atoms with van der Waals surface area (Å²) in [6.07, 6.45) is 0. The predicted octanol–water partition coefficient (Wildman–Crippen LogP) is 2.61. The molecular weight excluding hydrogens is 298 g/mol. The zero-order valence-electron chi connectivity index (χ0n) is 7.64. The molecule has 0 spiro atoms. The Morgan fingerprint density at radius 1 is 1.31 bits per heavy atom. The van der Waals surface area contributed by atoms with Crippen molar-refractivity contribution < 1.29 is 21.7 Å². The molecule has 1 atom stereocenters. The van der Waals surface area contributed by atoms with Crippen molar-refractivity contribution in [3.05, 3.63) is 28.2 Å². The van der Waals surface area contributed by atoms with Crippen LogP contribution in [-0.2, 0) is 23.4 Å². The summed E-state index contributed by atoms with van der Waals surface area (Å²) < 4.78 is 41.7. The first-order valence-electron chi connectivity index (χ1n) is 3.81. The van der Waals surface area contributed by atoms with Gasteiger partial charge in [0.2, 0.25) is 6.79 Å². The maximum Gasteiger partial charge on any atom is 0.496 e. The lowest BCUT2D eigenvalue weighted by Gasteiger charge is -2.04. The van der Waals surface area contributed by atoms with Gasteiger partial charge in [-0.2, -0.15) is 8.42 Å². The molecule has 1 rings (SSSR count). The van der Waals surface area contributed by atoms with E-state index in [0.29, 0.717) is 0 Å². The molecule has 16 heavy (non-hydrogen) atoms. The molecule has 0 amide bonds. The molecule has 0 N–H and O–H groups in total. The zero-order chi connectivity index (χ0) is 12.2. The molecule has 9 heteroatoms. The van der Waals surface area contributed by atoms with Gasteiger partial charge in [0.15, 0.2) is 0 Å². The van der Waals surface area contributed by atoms with Crippen molar-refractivity contribution in [1.29, 1.82) is 0 Å². The lowest BCUT2D eigenvalue weighted by molar-refractivity contribution is 0.140. The highest BCUT2D eigenvalue weighted by Crippen LogP contribution is 2.26. The molecule has 0 aromatic heterocycles. The second-order valence-electron chi connectivity index (χ2n) is 2.49. The van der Waals surface area contributed by atoms with Crippen LogP contribution in [-0.4, -0.2) is 15.2 Å². The van der Waals surface area contributed by atoms with E-state index in [0.717, 1.165) is 6.07 Å². The molecule has 1 aromatic carbocycles. The topological polar surface area (TPSA) is 69.7 Å². The van der Waals surface area contributed by atoms with Crippen LogP contribution in [0.2, 0.25) is 10.0 Å². The molecule has 0 saturated carbocycles. The van der Waals surface area contributed by atoms with Crippen LogP contribution in [0.3, 0.4) is 0 Å². The van der Waals surface area contributed by atoms with Gasteiger partial charge in [0.1, 0.15) is 4.90 Å². The zero-order valence-corrected chi connectivity index (χ0v) is 11.0. The average molecular weight is 304 g/mol. The fourth-order valence-corrected chi connectivity index (χ4v) is 2.55. The highest BCUT2D eigenvalue weighted by Gasteiger charge is 2.20. The summed E-state index contributed by atoms with van der Waals surface area (Å²) in [4.78, 5) is -0.264. The average Bonchev–Trinajstić information content (AvgIpc) is 2.22. The van der Waals surface area contributed by atoms with E-state index in [2.05, 4.69) is 8.71 Å². The van der Waals surface area contributed by atoms with Gasteiger partial charge in [-0.3, -0.25) is 0 Å². The Bertz CT molecular complexity index is 490. The number of hydrogen-bond acceptors (Lipinski definition) is 5. The first kappa shape index (κ1) is 13.8. The van der Waals surface area contributed by atoms with Gasteiger partial charge in [0.25, 0.3) is 0 Å². The second kappa shape index (κ2) is 5.91. The number of rotatable bonds is 5. The van der Waals surface area contributed by atoms with Crippen LogP contribution in [0.1, 0.15) is 0 Å². The fourth-order valence-electron chi connectivity index (χ4n) is 0.844. The molecule has 0 saturated heterocycles. The molecule has 1 unspecified atom stereocenters. The maximum absolute atomic E-state index is 11.5. The van der Waals surface area contributed by atoms with Crippen molar-refractivity contribution in [3.8, 4) is 0 Å². The molecule has 0 heterocycles. The Morgan fingerprint density at radius 2 is 2.00 bits per heavy atom. The van der Waals surface area contributed by atoms with E-state index >= 15 is 0 Å². The Hall–Kier alpha value is -0.230. The van der Waals surface area contributed by atoms with Gasteiger partial charge >= 0.3 is 18.8 Å². The minimum atomic E-state index is -4.06. The molecule has 0 aliphatic rings.